The Morgan fingerprint density at radius 2 is 1.54 bits per heavy atom. The molecule has 3 heterocycles. The number of piperidine rings is 1. The molecule has 0 N–H and O–H groups in total. The molecule has 3 aliphatic heterocycles. The molecule has 1 saturated heterocycles. The van der Waals surface area contributed by atoms with E-state index in [-0.39, 0.29) is 11.9 Å². The fourth-order valence-electron chi connectivity index (χ4n) is 8.24. The molecule has 0 radical (unpaired) electrons. The first-order valence-electron chi connectivity index (χ1n) is 18.3. The van der Waals surface area contributed by atoms with E-state index in [4.69, 9.17) is 13.8 Å². The second kappa shape index (κ2) is 13.8. The Morgan fingerprint density at radius 3 is 2.38 bits per heavy atom. The fourth-order valence-corrected chi connectivity index (χ4v) is 9.20. The van der Waals surface area contributed by atoms with Crippen molar-refractivity contribution in [3.63, 3.8) is 0 Å². The van der Waals surface area contributed by atoms with E-state index in [0.717, 1.165) is 70.1 Å². The number of hydroxylamine groups is 2. The summed E-state index contributed by atoms with van der Waals surface area (Å²) in [5.41, 5.74) is 10.4. The van der Waals surface area contributed by atoms with Gasteiger partial charge in [0.15, 0.2) is 0 Å². The first kappa shape index (κ1) is 32.9. The number of carbonyl (C=O) groups excluding carboxylic acids is 1. The standard InChI is InChI=1S/C44H40N2O5S/c1-2-49-44(47)31-21-24-45(25-22-31)51-52(48)42-14-8-6-12-38(42)43-36-19-16-32(35-18-15-29-9-3-5-11-34(29)35)27-40(36)50-41-28-33(17-20-37(41)43)46-26-23-30-10-4-7-13-39(30)46/h3-14,16-17,19-20,27-28,31H,2,15,18,21-26H2,1H3/b35-32+. The minimum atomic E-state index is -1.80. The van der Waals surface area contributed by atoms with E-state index in [9.17, 15) is 9.00 Å². The molecule has 0 bridgehead atoms. The zero-order chi connectivity index (χ0) is 35.2. The lowest BCUT2D eigenvalue weighted by atomic mass is 9.92. The van der Waals surface area contributed by atoms with Crippen LogP contribution in [0.4, 0.5) is 11.4 Å². The average molecular weight is 709 g/mol. The molecule has 1 fully saturated rings. The summed E-state index contributed by atoms with van der Waals surface area (Å²) >= 11 is -1.80. The van der Waals surface area contributed by atoms with Crippen molar-refractivity contribution in [1.29, 1.82) is 0 Å². The first-order chi connectivity index (χ1) is 25.6. The Morgan fingerprint density at radius 1 is 0.769 bits per heavy atom. The molecule has 1 atom stereocenters. The zero-order valence-corrected chi connectivity index (χ0v) is 30.0. The maximum atomic E-state index is 14.1. The van der Waals surface area contributed by atoms with Crippen molar-refractivity contribution in [1.82, 2.24) is 5.06 Å². The lowest BCUT2D eigenvalue weighted by Crippen LogP contribution is -2.37. The molecule has 5 aromatic rings. The Labute approximate surface area is 306 Å². The van der Waals surface area contributed by atoms with Gasteiger partial charge in [0, 0.05) is 59.0 Å². The third-order valence-electron chi connectivity index (χ3n) is 10.8. The molecular formula is C44H40N2O5S. The van der Waals surface area contributed by atoms with Crippen molar-refractivity contribution in [3.05, 3.63) is 147 Å². The van der Waals surface area contributed by atoms with Gasteiger partial charge in [0.05, 0.1) is 17.4 Å². The van der Waals surface area contributed by atoms with Gasteiger partial charge in [0.1, 0.15) is 11.5 Å². The average Bonchev–Trinajstić information content (AvgIpc) is 3.82. The molecule has 1 unspecified atom stereocenters. The van der Waals surface area contributed by atoms with Gasteiger partial charge in [-0.05, 0) is 103 Å². The van der Waals surface area contributed by atoms with E-state index in [1.807, 2.05) is 31.2 Å². The Hall–Kier alpha value is -5.02. The number of benzene rings is 5. The number of ether oxygens (including phenoxy) is 2. The van der Waals surface area contributed by atoms with Crippen molar-refractivity contribution < 1.29 is 22.8 Å². The van der Waals surface area contributed by atoms with Gasteiger partial charge in [0.2, 0.25) is 11.1 Å². The SMILES string of the molecule is CCOC(=O)C1CCN(OS(=O)c2ccccc2C2=c3cc/c(=C4/CCc5ccccc54)cc3Oc3cc(N4CCc5ccccc54)ccc32)CC1. The number of anilines is 2. The third kappa shape index (κ3) is 5.94. The molecule has 262 valence electrons. The molecule has 0 aromatic heterocycles. The largest absolute Gasteiger partial charge is 0.466 e. The monoisotopic (exact) mass is 708 g/mol. The molecule has 52 heavy (non-hydrogen) atoms. The van der Waals surface area contributed by atoms with Crippen molar-refractivity contribution >= 4 is 39.6 Å². The van der Waals surface area contributed by atoms with E-state index in [1.54, 1.807) is 5.06 Å². The van der Waals surface area contributed by atoms with Crippen LogP contribution in [0.15, 0.2) is 114 Å². The maximum Gasteiger partial charge on any atom is 0.309 e. The molecule has 8 heteroatoms. The summed E-state index contributed by atoms with van der Waals surface area (Å²) in [6.45, 7) is 4.10. The van der Waals surface area contributed by atoms with Crippen molar-refractivity contribution in [2.75, 3.05) is 31.1 Å². The molecule has 5 aromatic carbocycles. The quantitative estimate of drug-likeness (QED) is 0.164. The van der Waals surface area contributed by atoms with Crippen LogP contribution in [-0.4, -0.2) is 41.5 Å². The number of rotatable bonds is 7. The Kier molecular flexibility index (Phi) is 8.75. The van der Waals surface area contributed by atoms with Gasteiger partial charge in [0.25, 0.3) is 0 Å². The minimum absolute atomic E-state index is 0.161. The zero-order valence-electron chi connectivity index (χ0n) is 29.2. The van der Waals surface area contributed by atoms with Crippen LogP contribution in [-0.2, 0) is 37.7 Å². The lowest BCUT2D eigenvalue weighted by molar-refractivity contribution is -0.153. The topological polar surface area (TPSA) is 68.3 Å². The molecule has 7 nitrogen and oxygen atoms in total. The van der Waals surface area contributed by atoms with Gasteiger partial charge >= 0.3 is 5.97 Å². The summed E-state index contributed by atoms with van der Waals surface area (Å²) in [6, 6.07) is 38.0. The van der Waals surface area contributed by atoms with Crippen molar-refractivity contribution in [2.24, 2.45) is 5.92 Å². The number of carbonyl (C=O) groups is 1. The van der Waals surface area contributed by atoms with Gasteiger partial charge in [-0.25, -0.2) is 4.21 Å². The van der Waals surface area contributed by atoms with Crippen LogP contribution in [0.3, 0.4) is 0 Å². The normalized spacial score (nSPS) is 18.2. The third-order valence-corrected chi connectivity index (χ3v) is 11.9. The summed E-state index contributed by atoms with van der Waals surface area (Å²) in [5.74, 6) is 1.21. The smallest absolute Gasteiger partial charge is 0.309 e. The molecular weight excluding hydrogens is 669 g/mol. The Balaban J connectivity index is 1.13. The van der Waals surface area contributed by atoms with Crippen LogP contribution in [0, 0.1) is 5.92 Å². The number of nitrogens with zero attached hydrogens (tertiary/aromatic N) is 2. The van der Waals surface area contributed by atoms with E-state index < -0.39 is 11.1 Å². The van der Waals surface area contributed by atoms with E-state index in [1.165, 1.54) is 28.0 Å². The van der Waals surface area contributed by atoms with E-state index >= 15 is 0 Å². The molecule has 1 aliphatic carbocycles. The molecule has 9 rings (SSSR count). The van der Waals surface area contributed by atoms with Crippen molar-refractivity contribution in [2.45, 2.75) is 43.9 Å². The Bertz CT molecular complexity index is 2360. The van der Waals surface area contributed by atoms with Crippen LogP contribution in [0.1, 0.15) is 54.0 Å². The van der Waals surface area contributed by atoms with Gasteiger partial charge in [-0.15, -0.1) is 0 Å². The van der Waals surface area contributed by atoms with Crippen molar-refractivity contribution in [3.8, 4) is 11.5 Å². The highest BCUT2D eigenvalue weighted by atomic mass is 32.2. The van der Waals surface area contributed by atoms with Crippen LogP contribution in [0.2, 0.25) is 0 Å². The van der Waals surface area contributed by atoms with Gasteiger partial charge in [-0.3, -0.25) is 4.79 Å². The number of aryl methyl sites for hydroxylation is 1. The minimum Gasteiger partial charge on any atom is -0.466 e. The number of hydrogen-bond donors (Lipinski definition) is 0. The summed E-state index contributed by atoms with van der Waals surface area (Å²) in [7, 11) is 0. The predicted octanol–water partition coefficient (Wildman–Crippen LogP) is 7.11. The lowest BCUT2D eigenvalue weighted by Gasteiger charge is -2.29. The highest BCUT2D eigenvalue weighted by Crippen LogP contribution is 2.43. The number of esters is 1. The van der Waals surface area contributed by atoms with Gasteiger partial charge in [-0.2, -0.15) is 9.35 Å². The van der Waals surface area contributed by atoms with Gasteiger partial charge < -0.3 is 14.4 Å². The summed E-state index contributed by atoms with van der Waals surface area (Å²) in [5, 5.41) is 3.83. The molecule has 0 saturated carbocycles. The fraction of sp³-hybridized carbons (Fsp3) is 0.250. The summed E-state index contributed by atoms with van der Waals surface area (Å²) < 4.78 is 32.3. The molecule has 4 aliphatic rings. The number of para-hydroxylation sites is 1. The first-order valence-corrected chi connectivity index (χ1v) is 19.4. The number of fused-ring (bicyclic) bond motifs is 4. The summed E-state index contributed by atoms with van der Waals surface area (Å²) in [6.07, 6.45) is 4.22. The summed E-state index contributed by atoms with van der Waals surface area (Å²) in [4.78, 5) is 15.3. The van der Waals surface area contributed by atoms with Crippen LogP contribution in [0.25, 0.3) is 11.1 Å². The molecule has 0 spiro atoms. The predicted molar refractivity (Wildman–Crippen MR) is 203 cm³/mol. The maximum absolute atomic E-state index is 14.1. The van der Waals surface area contributed by atoms with E-state index in [2.05, 4.69) is 89.8 Å². The number of hydrogen-bond acceptors (Lipinski definition) is 7. The molecule has 0 amide bonds. The van der Waals surface area contributed by atoms with Crippen LogP contribution < -0.4 is 20.1 Å². The second-order valence-electron chi connectivity index (χ2n) is 13.8. The van der Waals surface area contributed by atoms with E-state index in [0.29, 0.717) is 37.4 Å². The van der Waals surface area contributed by atoms with Gasteiger partial charge in [-0.1, -0.05) is 66.7 Å². The van der Waals surface area contributed by atoms with Crippen LogP contribution in [0.5, 0.6) is 11.5 Å². The highest BCUT2D eigenvalue weighted by Gasteiger charge is 2.30. The second-order valence-corrected chi connectivity index (χ2v) is 14.9. The van der Waals surface area contributed by atoms with Crippen LogP contribution >= 0.6 is 0 Å². The highest BCUT2D eigenvalue weighted by molar-refractivity contribution is 7.80.